The van der Waals surface area contributed by atoms with E-state index in [1.165, 1.54) is 38.5 Å². The van der Waals surface area contributed by atoms with E-state index < -0.39 is 0 Å². The molecule has 1 heterocycles. The van der Waals surface area contributed by atoms with Crippen molar-refractivity contribution in [3.05, 3.63) is 0 Å². The zero-order valence-corrected chi connectivity index (χ0v) is 15.3. The van der Waals surface area contributed by atoms with Gasteiger partial charge in [-0.25, -0.2) is 4.79 Å². The third-order valence-corrected chi connectivity index (χ3v) is 6.81. The van der Waals surface area contributed by atoms with Crippen LogP contribution in [0.15, 0.2) is 0 Å². The number of hydrogen-bond acceptors (Lipinski definition) is 3. The smallest absolute Gasteiger partial charge is 0.412 e. The van der Waals surface area contributed by atoms with Crippen LogP contribution in [0, 0.1) is 29.6 Å². The van der Waals surface area contributed by atoms with E-state index in [-0.39, 0.29) is 18.3 Å². The maximum Gasteiger partial charge on any atom is 0.412 e. The monoisotopic (exact) mass is 335 g/mol. The molecule has 0 aromatic carbocycles. The average Bonchev–Trinajstić information content (AvgIpc) is 2.57. The summed E-state index contributed by atoms with van der Waals surface area (Å²) in [7, 11) is 0. The number of ether oxygens (including phenoxy) is 2. The molecule has 136 valence electrons. The Morgan fingerprint density at radius 2 is 1.50 bits per heavy atom. The maximum atomic E-state index is 12.5. The highest BCUT2D eigenvalue weighted by Gasteiger charge is 2.49. The summed E-state index contributed by atoms with van der Waals surface area (Å²) in [6.07, 6.45) is 9.98. The topological polar surface area (TPSA) is 38.8 Å². The van der Waals surface area contributed by atoms with Gasteiger partial charge in [0.1, 0.15) is 0 Å². The Kier molecular flexibility index (Phi) is 4.77. The Morgan fingerprint density at radius 1 is 0.917 bits per heavy atom. The molecule has 0 spiro atoms. The average molecular weight is 335 g/mol. The lowest BCUT2D eigenvalue weighted by molar-refractivity contribution is -0.222. The number of nitrogens with zero attached hydrogens (tertiary/aromatic N) is 1. The molecule has 4 saturated carbocycles. The molecule has 1 saturated heterocycles. The third kappa shape index (κ3) is 3.31. The Morgan fingerprint density at radius 3 is 2.04 bits per heavy atom. The highest BCUT2D eigenvalue weighted by atomic mass is 16.7. The van der Waals surface area contributed by atoms with Crippen molar-refractivity contribution in [2.75, 3.05) is 13.1 Å². The molecule has 4 aliphatic carbocycles. The molecule has 4 heteroatoms. The third-order valence-electron chi connectivity index (χ3n) is 6.81. The summed E-state index contributed by atoms with van der Waals surface area (Å²) >= 11 is 0. The largest absolute Gasteiger partial charge is 0.419 e. The van der Waals surface area contributed by atoms with Crippen molar-refractivity contribution < 1.29 is 14.3 Å². The molecule has 0 aromatic rings. The van der Waals surface area contributed by atoms with Gasteiger partial charge in [0.15, 0.2) is 0 Å². The maximum absolute atomic E-state index is 12.5. The zero-order valence-electron chi connectivity index (χ0n) is 15.3. The number of carbonyl (C=O) groups is 1. The lowest BCUT2D eigenvalue weighted by Gasteiger charge is -2.54. The molecule has 1 aliphatic heterocycles. The molecule has 5 aliphatic rings. The molecule has 5 fully saturated rings. The molecule has 1 unspecified atom stereocenters. The molecule has 0 aromatic heterocycles. The van der Waals surface area contributed by atoms with E-state index in [4.69, 9.17) is 9.47 Å². The summed E-state index contributed by atoms with van der Waals surface area (Å²) in [5.74, 6) is 3.50. The first-order chi connectivity index (χ1) is 11.6. The molecular formula is C20H33NO3. The van der Waals surface area contributed by atoms with Crippen LogP contribution in [0.25, 0.3) is 0 Å². The molecule has 0 N–H and O–H groups in total. The van der Waals surface area contributed by atoms with E-state index >= 15 is 0 Å². The molecule has 4 bridgehead atoms. The van der Waals surface area contributed by atoms with Crippen LogP contribution in [-0.4, -0.2) is 36.5 Å². The Labute approximate surface area is 146 Å². The zero-order chi connectivity index (χ0) is 16.7. The molecule has 1 atom stereocenters. The van der Waals surface area contributed by atoms with Crippen molar-refractivity contribution >= 4 is 6.09 Å². The van der Waals surface area contributed by atoms with E-state index in [0.29, 0.717) is 17.9 Å². The minimum absolute atomic E-state index is 0.169. The molecular weight excluding hydrogens is 302 g/mol. The van der Waals surface area contributed by atoms with Gasteiger partial charge in [0.2, 0.25) is 6.29 Å². The van der Waals surface area contributed by atoms with Crippen LogP contribution in [0.4, 0.5) is 4.79 Å². The number of hydrogen-bond donors (Lipinski definition) is 0. The van der Waals surface area contributed by atoms with Crippen LogP contribution >= 0.6 is 0 Å². The van der Waals surface area contributed by atoms with Crippen molar-refractivity contribution in [1.82, 2.24) is 4.90 Å². The van der Waals surface area contributed by atoms with Crippen LogP contribution in [0.1, 0.15) is 65.2 Å². The lowest BCUT2D eigenvalue weighted by Crippen LogP contribution is -2.51. The van der Waals surface area contributed by atoms with Crippen molar-refractivity contribution in [2.45, 2.75) is 77.6 Å². The number of likely N-dealkylation sites (tertiary alicyclic amines) is 1. The summed E-state index contributed by atoms with van der Waals surface area (Å²) in [6.45, 7) is 5.87. The number of carbonyl (C=O) groups excluding carboxylic acids is 1. The van der Waals surface area contributed by atoms with Gasteiger partial charge in [-0.2, -0.15) is 0 Å². The fraction of sp³-hybridized carbons (Fsp3) is 0.950. The summed E-state index contributed by atoms with van der Waals surface area (Å²) in [6, 6.07) is 0. The summed E-state index contributed by atoms with van der Waals surface area (Å²) in [5, 5.41) is 0. The van der Waals surface area contributed by atoms with Crippen LogP contribution in [0.5, 0.6) is 0 Å². The van der Waals surface area contributed by atoms with Gasteiger partial charge in [0.05, 0.1) is 6.10 Å². The van der Waals surface area contributed by atoms with Crippen molar-refractivity contribution in [3.8, 4) is 0 Å². The highest BCUT2D eigenvalue weighted by molar-refractivity contribution is 5.67. The van der Waals surface area contributed by atoms with Gasteiger partial charge in [-0.05, 0) is 75.0 Å². The SMILES string of the molecule is CC(C)C(OC(=O)N1CCCCC1)OC1C2CC3CC(C2)CC1C3. The van der Waals surface area contributed by atoms with Crippen molar-refractivity contribution in [3.63, 3.8) is 0 Å². The van der Waals surface area contributed by atoms with Gasteiger partial charge < -0.3 is 14.4 Å². The molecule has 4 nitrogen and oxygen atoms in total. The van der Waals surface area contributed by atoms with Crippen molar-refractivity contribution in [1.29, 1.82) is 0 Å². The number of piperidine rings is 1. The summed E-state index contributed by atoms with van der Waals surface area (Å²) in [5.41, 5.74) is 0. The van der Waals surface area contributed by atoms with E-state index in [9.17, 15) is 4.79 Å². The van der Waals surface area contributed by atoms with Crippen LogP contribution in [0.3, 0.4) is 0 Å². The molecule has 24 heavy (non-hydrogen) atoms. The minimum Gasteiger partial charge on any atom is -0.419 e. The van der Waals surface area contributed by atoms with Gasteiger partial charge in [-0.15, -0.1) is 0 Å². The fourth-order valence-electron chi connectivity index (χ4n) is 5.82. The van der Waals surface area contributed by atoms with E-state index in [1.54, 1.807) is 0 Å². The second-order valence-electron chi connectivity index (χ2n) is 9.08. The number of amides is 1. The number of rotatable bonds is 4. The van der Waals surface area contributed by atoms with Crippen LogP contribution in [0.2, 0.25) is 0 Å². The van der Waals surface area contributed by atoms with Crippen LogP contribution in [-0.2, 0) is 9.47 Å². The summed E-state index contributed by atoms with van der Waals surface area (Å²) in [4.78, 5) is 14.3. The predicted molar refractivity (Wildman–Crippen MR) is 92.4 cm³/mol. The van der Waals surface area contributed by atoms with E-state index in [1.807, 2.05) is 4.90 Å². The normalized spacial score (nSPS) is 39.3. The van der Waals surface area contributed by atoms with Gasteiger partial charge in [0.25, 0.3) is 0 Å². The first kappa shape index (κ1) is 16.7. The standard InChI is InChI=1S/C20H33NO3/c1-13(2)19(24-20(22)21-6-4-3-5-7-21)23-18-16-9-14-8-15(11-16)12-17(18)10-14/h13-19H,3-12H2,1-2H3. The second-order valence-corrected chi connectivity index (χ2v) is 9.08. The molecule has 1 amide bonds. The van der Waals surface area contributed by atoms with Crippen molar-refractivity contribution in [2.24, 2.45) is 29.6 Å². The van der Waals surface area contributed by atoms with Gasteiger partial charge in [-0.1, -0.05) is 13.8 Å². The van der Waals surface area contributed by atoms with E-state index in [2.05, 4.69) is 13.8 Å². The first-order valence-electron chi connectivity index (χ1n) is 10.2. The Bertz CT molecular complexity index is 430. The van der Waals surface area contributed by atoms with Gasteiger partial charge >= 0.3 is 6.09 Å². The highest BCUT2D eigenvalue weighted by Crippen LogP contribution is 2.55. The second kappa shape index (κ2) is 6.86. The van der Waals surface area contributed by atoms with E-state index in [0.717, 1.165) is 37.8 Å². The Balaban J connectivity index is 1.38. The first-order valence-corrected chi connectivity index (χ1v) is 10.2. The lowest BCUT2D eigenvalue weighted by atomic mass is 9.55. The Hall–Kier alpha value is -0.770. The molecule has 5 rings (SSSR count). The quantitative estimate of drug-likeness (QED) is 0.713. The van der Waals surface area contributed by atoms with Crippen LogP contribution < -0.4 is 0 Å². The van der Waals surface area contributed by atoms with Gasteiger partial charge in [0, 0.05) is 19.0 Å². The summed E-state index contributed by atoms with van der Waals surface area (Å²) < 4.78 is 12.3. The molecule has 0 radical (unpaired) electrons. The van der Waals surface area contributed by atoms with Gasteiger partial charge in [-0.3, -0.25) is 0 Å². The predicted octanol–water partition coefficient (Wildman–Crippen LogP) is 4.43. The fourth-order valence-corrected chi connectivity index (χ4v) is 5.82. The minimum atomic E-state index is -0.387.